The Labute approximate surface area is 122 Å². The molecular weight excluding hydrogens is 271 g/mol. The second-order valence-electron chi connectivity index (χ2n) is 5.03. The summed E-state index contributed by atoms with van der Waals surface area (Å²) in [5, 5.41) is 13.9. The van der Waals surface area contributed by atoms with Crippen LogP contribution in [0.2, 0.25) is 0 Å². The minimum absolute atomic E-state index is 0.00436. The number of hydrogen-bond donors (Lipinski definition) is 1. The highest BCUT2D eigenvalue weighted by atomic mass is 19.1. The molecule has 2 rings (SSSR count). The number of nitrogens with one attached hydrogen (secondary N) is 1. The molecule has 2 aromatic rings. The van der Waals surface area contributed by atoms with Crippen molar-refractivity contribution in [2.45, 2.75) is 26.4 Å². The zero-order valence-corrected chi connectivity index (χ0v) is 12.0. The SMILES string of the molecule is Cc1ccc(C(C)NCc2ccc([N+](=O)[O-])cc2)cc1F. The molecule has 0 aliphatic heterocycles. The van der Waals surface area contributed by atoms with Crippen LogP contribution in [-0.4, -0.2) is 4.92 Å². The molecular formula is C16H17FN2O2. The standard InChI is InChI=1S/C16H17FN2O2/c1-11-3-6-14(9-16(11)17)12(2)18-10-13-4-7-15(8-5-13)19(20)21/h3-9,12,18H,10H2,1-2H3. The zero-order chi connectivity index (χ0) is 15.4. The lowest BCUT2D eigenvalue weighted by Gasteiger charge is -2.15. The fraction of sp³-hybridized carbons (Fsp3) is 0.250. The van der Waals surface area contributed by atoms with Crippen LogP contribution in [0.4, 0.5) is 10.1 Å². The first-order valence-electron chi connectivity index (χ1n) is 6.70. The highest BCUT2D eigenvalue weighted by Crippen LogP contribution is 2.17. The molecule has 0 aromatic heterocycles. The molecule has 0 fully saturated rings. The summed E-state index contributed by atoms with van der Waals surface area (Å²) in [6.45, 7) is 4.25. The van der Waals surface area contributed by atoms with Crippen molar-refractivity contribution in [2.24, 2.45) is 0 Å². The van der Waals surface area contributed by atoms with E-state index in [1.54, 1.807) is 25.1 Å². The van der Waals surface area contributed by atoms with Gasteiger partial charge in [-0.1, -0.05) is 24.3 Å². The van der Waals surface area contributed by atoms with Crippen LogP contribution in [0.25, 0.3) is 0 Å². The van der Waals surface area contributed by atoms with Crippen molar-refractivity contribution in [2.75, 3.05) is 0 Å². The molecule has 1 atom stereocenters. The Morgan fingerprint density at radius 2 is 1.90 bits per heavy atom. The topological polar surface area (TPSA) is 55.2 Å². The first-order chi connectivity index (χ1) is 9.97. The van der Waals surface area contributed by atoms with Crippen molar-refractivity contribution in [3.05, 3.63) is 75.1 Å². The highest BCUT2D eigenvalue weighted by Gasteiger charge is 2.08. The van der Waals surface area contributed by atoms with Gasteiger partial charge in [0, 0.05) is 24.7 Å². The summed E-state index contributed by atoms with van der Waals surface area (Å²) in [6, 6.07) is 11.6. The summed E-state index contributed by atoms with van der Waals surface area (Å²) in [6.07, 6.45) is 0. The molecule has 21 heavy (non-hydrogen) atoms. The number of aryl methyl sites for hydroxylation is 1. The van der Waals surface area contributed by atoms with E-state index in [0.29, 0.717) is 12.1 Å². The van der Waals surface area contributed by atoms with Crippen LogP contribution in [0, 0.1) is 22.9 Å². The Morgan fingerprint density at radius 1 is 1.24 bits per heavy atom. The van der Waals surface area contributed by atoms with Crippen LogP contribution in [-0.2, 0) is 6.54 Å². The van der Waals surface area contributed by atoms with E-state index in [9.17, 15) is 14.5 Å². The maximum absolute atomic E-state index is 13.5. The van der Waals surface area contributed by atoms with E-state index in [1.807, 2.05) is 13.0 Å². The third kappa shape index (κ3) is 3.86. The van der Waals surface area contributed by atoms with E-state index in [2.05, 4.69) is 5.32 Å². The molecule has 0 radical (unpaired) electrons. The Kier molecular flexibility index (Phi) is 4.65. The molecule has 0 aliphatic carbocycles. The molecule has 1 N–H and O–H groups in total. The van der Waals surface area contributed by atoms with Gasteiger partial charge in [0.2, 0.25) is 0 Å². The van der Waals surface area contributed by atoms with E-state index in [0.717, 1.165) is 11.1 Å². The number of nitrogens with zero attached hydrogens (tertiary/aromatic N) is 1. The second kappa shape index (κ2) is 6.45. The lowest BCUT2D eigenvalue weighted by atomic mass is 10.1. The number of halogens is 1. The van der Waals surface area contributed by atoms with E-state index in [4.69, 9.17) is 0 Å². The van der Waals surface area contributed by atoms with Gasteiger partial charge in [-0.15, -0.1) is 0 Å². The number of benzene rings is 2. The fourth-order valence-corrected chi connectivity index (χ4v) is 2.00. The summed E-state index contributed by atoms with van der Waals surface area (Å²) in [5.41, 5.74) is 2.52. The van der Waals surface area contributed by atoms with Crippen molar-refractivity contribution in [1.29, 1.82) is 0 Å². The van der Waals surface area contributed by atoms with E-state index in [-0.39, 0.29) is 17.5 Å². The van der Waals surface area contributed by atoms with Crippen LogP contribution in [0.15, 0.2) is 42.5 Å². The molecule has 2 aromatic carbocycles. The maximum Gasteiger partial charge on any atom is 0.269 e. The minimum atomic E-state index is -0.422. The van der Waals surface area contributed by atoms with Gasteiger partial charge in [0.05, 0.1) is 4.92 Å². The predicted octanol–water partition coefficient (Wildman–Crippen LogP) is 3.89. The van der Waals surface area contributed by atoms with Crippen molar-refractivity contribution in [3.63, 3.8) is 0 Å². The van der Waals surface area contributed by atoms with Crippen molar-refractivity contribution < 1.29 is 9.31 Å². The molecule has 4 nitrogen and oxygen atoms in total. The molecule has 5 heteroatoms. The van der Waals surface area contributed by atoms with E-state index < -0.39 is 4.92 Å². The first-order valence-corrected chi connectivity index (χ1v) is 6.70. The molecule has 0 saturated carbocycles. The summed E-state index contributed by atoms with van der Waals surface area (Å²) in [7, 11) is 0. The normalized spacial score (nSPS) is 12.1. The summed E-state index contributed by atoms with van der Waals surface area (Å²) in [5.74, 6) is -0.212. The van der Waals surface area contributed by atoms with Gasteiger partial charge in [-0.3, -0.25) is 10.1 Å². The van der Waals surface area contributed by atoms with Crippen molar-refractivity contribution in [1.82, 2.24) is 5.32 Å². The highest BCUT2D eigenvalue weighted by molar-refractivity contribution is 5.33. The van der Waals surface area contributed by atoms with Gasteiger partial charge < -0.3 is 5.32 Å². The van der Waals surface area contributed by atoms with Crippen LogP contribution < -0.4 is 5.32 Å². The minimum Gasteiger partial charge on any atom is -0.306 e. The molecule has 0 heterocycles. The molecule has 0 spiro atoms. The van der Waals surface area contributed by atoms with Gasteiger partial charge in [-0.2, -0.15) is 0 Å². The Bertz CT molecular complexity index is 641. The molecule has 110 valence electrons. The lowest BCUT2D eigenvalue weighted by molar-refractivity contribution is -0.384. The number of hydrogen-bond acceptors (Lipinski definition) is 3. The number of nitro benzene ring substituents is 1. The monoisotopic (exact) mass is 288 g/mol. The summed E-state index contributed by atoms with van der Waals surface area (Å²) >= 11 is 0. The summed E-state index contributed by atoms with van der Waals surface area (Å²) < 4.78 is 13.5. The first kappa shape index (κ1) is 15.1. The van der Waals surface area contributed by atoms with Crippen LogP contribution in [0.3, 0.4) is 0 Å². The number of nitro groups is 1. The number of non-ortho nitro benzene ring substituents is 1. The Hall–Kier alpha value is -2.27. The summed E-state index contributed by atoms with van der Waals surface area (Å²) in [4.78, 5) is 10.2. The molecule has 0 saturated heterocycles. The van der Waals surface area contributed by atoms with Crippen LogP contribution in [0.1, 0.15) is 29.7 Å². The fourth-order valence-electron chi connectivity index (χ4n) is 2.00. The van der Waals surface area contributed by atoms with Gasteiger partial charge in [-0.25, -0.2) is 4.39 Å². The maximum atomic E-state index is 13.5. The van der Waals surface area contributed by atoms with Crippen LogP contribution in [0.5, 0.6) is 0 Å². The molecule has 0 bridgehead atoms. The molecule has 0 amide bonds. The predicted molar refractivity (Wildman–Crippen MR) is 79.5 cm³/mol. The smallest absolute Gasteiger partial charge is 0.269 e. The Balaban J connectivity index is 1.98. The zero-order valence-electron chi connectivity index (χ0n) is 12.0. The van der Waals surface area contributed by atoms with E-state index in [1.165, 1.54) is 18.2 Å². The Morgan fingerprint density at radius 3 is 2.48 bits per heavy atom. The average Bonchev–Trinajstić information content (AvgIpc) is 2.48. The number of rotatable bonds is 5. The molecule has 0 aliphatic rings. The van der Waals surface area contributed by atoms with Gasteiger partial charge in [0.15, 0.2) is 0 Å². The largest absolute Gasteiger partial charge is 0.306 e. The van der Waals surface area contributed by atoms with Gasteiger partial charge in [0.1, 0.15) is 5.82 Å². The van der Waals surface area contributed by atoms with Gasteiger partial charge >= 0.3 is 0 Å². The molecule has 1 unspecified atom stereocenters. The van der Waals surface area contributed by atoms with Crippen LogP contribution >= 0.6 is 0 Å². The average molecular weight is 288 g/mol. The van der Waals surface area contributed by atoms with E-state index >= 15 is 0 Å². The van der Waals surface area contributed by atoms with Crippen molar-refractivity contribution >= 4 is 5.69 Å². The van der Waals surface area contributed by atoms with Gasteiger partial charge in [-0.05, 0) is 36.6 Å². The lowest BCUT2D eigenvalue weighted by Crippen LogP contribution is -2.18. The second-order valence-corrected chi connectivity index (χ2v) is 5.03. The third-order valence-corrected chi connectivity index (χ3v) is 3.46. The quantitative estimate of drug-likeness (QED) is 0.670. The van der Waals surface area contributed by atoms with Crippen molar-refractivity contribution in [3.8, 4) is 0 Å². The van der Waals surface area contributed by atoms with Gasteiger partial charge in [0.25, 0.3) is 5.69 Å². The third-order valence-electron chi connectivity index (χ3n) is 3.46.